The molecule has 1 heterocycles. The predicted octanol–water partition coefficient (Wildman–Crippen LogP) is 1.33. The number of H-pyrrole nitrogens is 1. The maximum absolute atomic E-state index is 11.2. The zero-order valence-electron chi connectivity index (χ0n) is 8.84. The minimum Gasteiger partial charge on any atom is -0.347 e. The van der Waals surface area contributed by atoms with Crippen LogP contribution in [0.1, 0.15) is 18.4 Å². The largest absolute Gasteiger partial charge is 0.347 e. The van der Waals surface area contributed by atoms with E-state index in [0.717, 1.165) is 11.5 Å². The monoisotopic (exact) mass is 205 g/mol. The summed E-state index contributed by atoms with van der Waals surface area (Å²) in [7, 11) is 0. The molecule has 1 rings (SSSR count). The van der Waals surface area contributed by atoms with Gasteiger partial charge in [0.1, 0.15) is 5.82 Å². The summed E-state index contributed by atoms with van der Waals surface area (Å²) in [6.07, 6.45) is 4.18. The van der Waals surface area contributed by atoms with Crippen molar-refractivity contribution in [3.05, 3.63) is 42.5 Å². The number of imidazole rings is 1. The number of amides is 1. The van der Waals surface area contributed by atoms with Crippen molar-refractivity contribution in [2.45, 2.75) is 19.9 Å². The van der Waals surface area contributed by atoms with Crippen LogP contribution in [0.4, 0.5) is 0 Å². The molecule has 4 heteroatoms. The third-order valence-corrected chi connectivity index (χ3v) is 1.85. The second kappa shape index (κ2) is 5.14. The van der Waals surface area contributed by atoms with E-state index in [1.807, 2.05) is 0 Å². The highest BCUT2D eigenvalue weighted by molar-refractivity contribution is 5.91. The van der Waals surface area contributed by atoms with Gasteiger partial charge in [-0.15, -0.1) is 6.58 Å². The van der Waals surface area contributed by atoms with Gasteiger partial charge < -0.3 is 10.3 Å². The lowest BCUT2D eigenvalue weighted by atomic mass is 10.3. The first kappa shape index (κ1) is 11.2. The summed E-state index contributed by atoms with van der Waals surface area (Å²) < 4.78 is 0. The Morgan fingerprint density at radius 3 is 3.07 bits per heavy atom. The summed E-state index contributed by atoms with van der Waals surface area (Å²) in [5.41, 5.74) is 1.38. The minimum absolute atomic E-state index is 0.144. The van der Waals surface area contributed by atoms with Crippen LogP contribution < -0.4 is 5.32 Å². The number of rotatable bonds is 5. The molecule has 1 aromatic rings. The van der Waals surface area contributed by atoms with Gasteiger partial charge in [0.15, 0.2) is 0 Å². The van der Waals surface area contributed by atoms with E-state index in [9.17, 15) is 4.79 Å². The molecule has 0 radical (unpaired) electrons. The van der Waals surface area contributed by atoms with E-state index in [-0.39, 0.29) is 5.91 Å². The lowest BCUT2D eigenvalue weighted by Crippen LogP contribution is -2.23. The van der Waals surface area contributed by atoms with E-state index in [4.69, 9.17) is 0 Å². The fraction of sp³-hybridized carbons (Fsp3) is 0.273. The first-order valence-corrected chi connectivity index (χ1v) is 4.71. The maximum Gasteiger partial charge on any atom is 0.246 e. The van der Waals surface area contributed by atoms with Crippen LogP contribution in [-0.4, -0.2) is 15.9 Å². The molecule has 0 fully saturated rings. The van der Waals surface area contributed by atoms with Crippen molar-refractivity contribution in [3.8, 4) is 0 Å². The third kappa shape index (κ3) is 3.42. The summed E-state index contributed by atoms with van der Waals surface area (Å²) in [6, 6.07) is 0. The van der Waals surface area contributed by atoms with Gasteiger partial charge in [0, 0.05) is 12.0 Å². The number of aromatic amines is 1. The van der Waals surface area contributed by atoms with Gasteiger partial charge in [-0.1, -0.05) is 12.7 Å². The number of aromatic nitrogens is 2. The lowest BCUT2D eigenvalue weighted by Gasteiger charge is -2.01. The fourth-order valence-corrected chi connectivity index (χ4v) is 1.06. The molecule has 1 amide bonds. The zero-order valence-corrected chi connectivity index (χ0v) is 8.84. The van der Waals surface area contributed by atoms with Crippen molar-refractivity contribution in [2.24, 2.45) is 0 Å². The van der Waals surface area contributed by atoms with Crippen LogP contribution in [0.25, 0.3) is 0 Å². The molecule has 80 valence electrons. The van der Waals surface area contributed by atoms with Gasteiger partial charge in [0.05, 0.1) is 18.4 Å². The van der Waals surface area contributed by atoms with E-state index in [1.165, 1.54) is 0 Å². The van der Waals surface area contributed by atoms with Crippen molar-refractivity contribution in [2.75, 3.05) is 0 Å². The van der Waals surface area contributed by atoms with Gasteiger partial charge in [-0.3, -0.25) is 4.79 Å². The Morgan fingerprint density at radius 1 is 1.73 bits per heavy atom. The normalized spacial score (nSPS) is 9.67. The molecule has 0 aromatic carbocycles. The van der Waals surface area contributed by atoms with Crippen molar-refractivity contribution in [3.63, 3.8) is 0 Å². The van der Waals surface area contributed by atoms with Crippen LogP contribution in [0.15, 0.2) is 31.0 Å². The highest BCUT2D eigenvalue weighted by atomic mass is 16.1. The summed E-state index contributed by atoms with van der Waals surface area (Å²) >= 11 is 0. The van der Waals surface area contributed by atoms with Gasteiger partial charge in [0.2, 0.25) is 5.91 Å². The highest BCUT2D eigenvalue weighted by Crippen LogP contribution is 1.98. The lowest BCUT2D eigenvalue weighted by molar-refractivity contribution is -0.117. The summed E-state index contributed by atoms with van der Waals surface area (Å²) in [6.45, 7) is 9.28. The molecule has 0 aliphatic heterocycles. The summed E-state index contributed by atoms with van der Waals surface area (Å²) in [5.74, 6) is 0.708. The van der Waals surface area contributed by atoms with Crippen LogP contribution in [-0.2, 0) is 17.8 Å². The van der Waals surface area contributed by atoms with E-state index in [2.05, 4.69) is 28.4 Å². The van der Waals surface area contributed by atoms with Crippen LogP contribution in [0.5, 0.6) is 0 Å². The molecule has 0 saturated heterocycles. The predicted molar refractivity (Wildman–Crippen MR) is 59.1 cm³/mol. The average Bonchev–Trinajstić information content (AvgIpc) is 2.62. The molecule has 4 nitrogen and oxygen atoms in total. The molecule has 2 N–H and O–H groups in total. The van der Waals surface area contributed by atoms with E-state index < -0.39 is 0 Å². The van der Waals surface area contributed by atoms with Crippen LogP contribution in [0.2, 0.25) is 0 Å². The molecule has 0 bridgehead atoms. The van der Waals surface area contributed by atoms with Crippen LogP contribution in [0, 0.1) is 0 Å². The smallest absolute Gasteiger partial charge is 0.246 e. The Hall–Kier alpha value is -1.84. The van der Waals surface area contributed by atoms with Gasteiger partial charge in [-0.25, -0.2) is 4.98 Å². The van der Waals surface area contributed by atoms with E-state index >= 15 is 0 Å². The number of nitrogens with zero attached hydrogens (tertiary/aromatic N) is 1. The first-order valence-electron chi connectivity index (χ1n) is 4.71. The number of allylic oxidation sites excluding steroid dienone is 1. The Labute approximate surface area is 89.1 Å². The number of hydrogen-bond donors (Lipinski definition) is 2. The minimum atomic E-state index is -0.144. The SMILES string of the molecule is C=CCc1ncc(CNC(=O)C(=C)C)[nH]1. The van der Waals surface area contributed by atoms with Crippen molar-refractivity contribution < 1.29 is 4.79 Å². The van der Waals surface area contributed by atoms with Gasteiger partial charge in [-0.05, 0) is 6.92 Å². The molecule has 0 aliphatic rings. The summed E-state index contributed by atoms with van der Waals surface area (Å²) in [4.78, 5) is 18.4. The number of nitrogens with one attached hydrogen (secondary N) is 2. The van der Waals surface area contributed by atoms with Gasteiger partial charge >= 0.3 is 0 Å². The van der Waals surface area contributed by atoms with Crippen molar-refractivity contribution in [1.29, 1.82) is 0 Å². The quantitative estimate of drug-likeness (QED) is 0.563. The molecular formula is C11H15N3O. The topological polar surface area (TPSA) is 57.8 Å². The van der Waals surface area contributed by atoms with E-state index in [0.29, 0.717) is 18.5 Å². The van der Waals surface area contributed by atoms with E-state index in [1.54, 1.807) is 19.2 Å². The molecular weight excluding hydrogens is 190 g/mol. The molecule has 1 aromatic heterocycles. The Morgan fingerprint density at radius 2 is 2.47 bits per heavy atom. The third-order valence-electron chi connectivity index (χ3n) is 1.85. The molecule has 0 saturated carbocycles. The molecule has 0 unspecified atom stereocenters. The number of carbonyl (C=O) groups excluding carboxylic acids is 1. The molecule has 0 atom stereocenters. The van der Waals surface area contributed by atoms with Crippen LogP contribution >= 0.6 is 0 Å². The first-order chi connectivity index (χ1) is 7.13. The highest BCUT2D eigenvalue weighted by Gasteiger charge is 2.03. The Bertz CT molecular complexity index is 379. The van der Waals surface area contributed by atoms with Crippen molar-refractivity contribution in [1.82, 2.24) is 15.3 Å². The molecule has 15 heavy (non-hydrogen) atoms. The second-order valence-electron chi connectivity index (χ2n) is 3.31. The zero-order chi connectivity index (χ0) is 11.3. The fourth-order valence-electron chi connectivity index (χ4n) is 1.06. The average molecular weight is 205 g/mol. The summed E-state index contributed by atoms with van der Waals surface area (Å²) in [5, 5.41) is 2.72. The van der Waals surface area contributed by atoms with Gasteiger partial charge in [-0.2, -0.15) is 0 Å². The van der Waals surface area contributed by atoms with Crippen molar-refractivity contribution >= 4 is 5.91 Å². The molecule has 0 aliphatic carbocycles. The standard InChI is InChI=1S/C11H15N3O/c1-4-5-10-12-6-9(14-10)7-13-11(15)8(2)3/h4,6H,1-2,5,7H2,3H3,(H,12,14)(H,13,15). The number of hydrogen-bond acceptors (Lipinski definition) is 2. The number of carbonyl (C=O) groups is 1. The Kier molecular flexibility index (Phi) is 3.85. The molecule has 0 spiro atoms. The van der Waals surface area contributed by atoms with Gasteiger partial charge in [0.25, 0.3) is 0 Å². The van der Waals surface area contributed by atoms with Crippen LogP contribution in [0.3, 0.4) is 0 Å². The second-order valence-corrected chi connectivity index (χ2v) is 3.31. The Balaban J connectivity index is 2.47. The maximum atomic E-state index is 11.2.